The molecule has 0 spiro atoms. The summed E-state index contributed by atoms with van der Waals surface area (Å²) in [6.45, 7) is 5.90. The fourth-order valence-electron chi connectivity index (χ4n) is 3.03. The van der Waals surface area contributed by atoms with E-state index in [1.54, 1.807) is 4.90 Å². The molecule has 0 aliphatic heterocycles. The predicted molar refractivity (Wildman–Crippen MR) is 129 cm³/mol. The summed E-state index contributed by atoms with van der Waals surface area (Å²) in [4.78, 5) is 21.8. The van der Waals surface area contributed by atoms with Crippen molar-refractivity contribution >= 4 is 56.6 Å². The molecule has 1 aromatic heterocycles. The third-order valence-electron chi connectivity index (χ3n) is 4.53. The summed E-state index contributed by atoms with van der Waals surface area (Å²) in [5.74, 6) is 0.838. The number of anilines is 1. The van der Waals surface area contributed by atoms with E-state index in [1.807, 2.05) is 64.3 Å². The highest BCUT2D eigenvalue weighted by Gasteiger charge is 2.21. The summed E-state index contributed by atoms with van der Waals surface area (Å²) >= 11 is 7.71. The van der Waals surface area contributed by atoms with Crippen molar-refractivity contribution in [2.45, 2.75) is 20.3 Å². The first-order chi connectivity index (χ1) is 13.9. The highest BCUT2D eigenvalue weighted by Crippen LogP contribution is 2.33. The maximum Gasteiger partial charge on any atom is 0.233 e. The molecule has 0 aliphatic carbocycles. The zero-order chi connectivity index (χ0) is 21.0. The van der Waals surface area contributed by atoms with E-state index in [2.05, 4.69) is 4.90 Å². The molecule has 3 aromatic rings. The molecule has 0 N–H and O–H groups in total. The highest BCUT2D eigenvalue weighted by atomic mass is 35.5. The van der Waals surface area contributed by atoms with Crippen LogP contribution in [-0.4, -0.2) is 49.6 Å². The van der Waals surface area contributed by atoms with Crippen molar-refractivity contribution in [3.8, 4) is 5.75 Å². The zero-order valence-corrected chi connectivity index (χ0v) is 20.0. The SMILES string of the molecule is CCOc1ccc(CC(=O)N(CCN(C)C)c2nc3c(C)cc(Cl)cc3s2)cc1.Cl. The number of halogens is 2. The molecule has 5 nitrogen and oxygen atoms in total. The van der Waals surface area contributed by atoms with Crippen molar-refractivity contribution in [3.63, 3.8) is 0 Å². The largest absolute Gasteiger partial charge is 0.494 e. The number of fused-ring (bicyclic) bond motifs is 1. The van der Waals surface area contributed by atoms with Gasteiger partial charge in [0.05, 0.1) is 23.2 Å². The van der Waals surface area contributed by atoms with E-state index in [0.29, 0.717) is 29.7 Å². The van der Waals surface area contributed by atoms with E-state index >= 15 is 0 Å². The van der Waals surface area contributed by atoms with E-state index in [1.165, 1.54) is 11.3 Å². The number of likely N-dealkylation sites (N-methyl/N-ethyl adjacent to an activating group) is 1. The maximum atomic E-state index is 13.2. The third kappa shape index (κ3) is 6.08. The van der Waals surface area contributed by atoms with E-state index in [-0.39, 0.29) is 18.3 Å². The van der Waals surface area contributed by atoms with Crippen LogP contribution in [0.4, 0.5) is 5.13 Å². The number of aryl methyl sites for hydroxylation is 1. The average molecular weight is 468 g/mol. The summed E-state index contributed by atoms with van der Waals surface area (Å²) < 4.78 is 6.48. The summed E-state index contributed by atoms with van der Waals surface area (Å²) in [5, 5.41) is 1.40. The number of hydrogen-bond donors (Lipinski definition) is 0. The summed E-state index contributed by atoms with van der Waals surface area (Å²) in [6, 6.07) is 11.5. The minimum atomic E-state index is 0. The lowest BCUT2D eigenvalue weighted by atomic mass is 10.1. The molecule has 1 amide bonds. The van der Waals surface area contributed by atoms with Gasteiger partial charge in [-0.15, -0.1) is 12.4 Å². The Morgan fingerprint density at radius 3 is 2.50 bits per heavy atom. The molecule has 0 atom stereocenters. The predicted octanol–water partition coefficient (Wildman–Crippen LogP) is 5.22. The van der Waals surface area contributed by atoms with E-state index in [9.17, 15) is 4.79 Å². The number of ether oxygens (including phenoxy) is 1. The average Bonchev–Trinajstić information content (AvgIpc) is 3.07. The van der Waals surface area contributed by atoms with Crippen molar-refractivity contribution in [1.29, 1.82) is 0 Å². The van der Waals surface area contributed by atoms with E-state index in [4.69, 9.17) is 21.3 Å². The van der Waals surface area contributed by atoms with Gasteiger partial charge in [-0.1, -0.05) is 35.1 Å². The van der Waals surface area contributed by atoms with Crippen LogP contribution < -0.4 is 9.64 Å². The number of aromatic nitrogens is 1. The van der Waals surface area contributed by atoms with Crippen LogP contribution in [0, 0.1) is 6.92 Å². The molecule has 0 aliphatic rings. The summed E-state index contributed by atoms with van der Waals surface area (Å²) in [7, 11) is 3.99. The summed E-state index contributed by atoms with van der Waals surface area (Å²) in [5.41, 5.74) is 2.87. The van der Waals surface area contributed by atoms with Gasteiger partial charge >= 0.3 is 0 Å². The molecule has 0 fully saturated rings. The quantitative estimate of drug-likeness (QED) is 0.455. The van der Waals surface area contributed by atoms with Gasteiger partial charge < -0.3 is 9.64 Å². The standard InChI is InChI=1S/C22H26ClN3O2S.ClH/c1-5-28-18-8-6-16(7-9-18)13-20(27)26(11-10-25(3)4)22-24-21-15(2)12-17(23)14-19(21)29-22;/h6-9,12,14H,5,10-11,13H2,1-4H3;1H. The number of nitrogens with zero attached hydrogens (tertiary/aromatic N) is 3. The molecule has 30 heavy (non-hydrogen) atoms. The fraction of sp³-hybridized carbons (Fsp3) is 0.364. The van der Waals surface area contributed by atoms with Gasteiger partial charge in [0.15, 0.2) is 5.13 Å². The van der Waals surface area contributed by atoms with Gasteiger partial charge in [0.1, 0.15) is 5.75 Å². The first-order valence-electron chi connectivity index (χ1n) is 9.61. The first kappa shape index (κ1) is 24.4. The van der Waals surface area contributed by atoms with Gasteiger partial charge in [-0.05, 0) is 63.3 Å². The minimum absolute atomic E-state index is 0. The van der Waals surface area contributed by atoms with Crippen LogP contribution >= 0.6 is 35.3 Å². The second-order valence-electron chi connectivity index (χ2n) is 7.17. The van der Waals surface area contributed by atoms with Crippen molar-refractivity contribution in [1.82, 2.24) is 9.88 Å². The summed E-state index contributed by atoms with van der Waals surface area (Å²) in [6.07, 6.45) is 0.315. The van der Waals surface area contributed by atoms with Crippen LogP contribution in [0.1, 0.15) is 18.1 Å². The molecule has 8 heteroatoms. The number of amides is 1. The van der Waals surface area contributed by atoms with Crippen molar-refractivity contribution < 1.29 is 9.53 Å². The first-order valence-corrected chi connectivity index (χ1v) is 10.8. The Balaban J connectivity index is 0.00000320. The lowest BCUT2D eigenvalue weighted by Gasteiger charge is -2.22. The number of thiazole rings is 1. The second kappa shape index (κ2) is 11.0. The molecule has 0 bridgehead atoms. The lowest BCUT2D eigenvalue weighted by molar-refractivity contribution is -0.118. The molecule has 1 heterocycles. The van der Waals surface area contributed by atoms with Crippen LogP contribution in [0.5, 0.6) is 5.75 Å². The molecule has 0 saturated carbocycles. The van der Waals surface area contributed by atoms with Crippen LogP contribution in [0.2, 0.25) is 5.02 Å². The van der Waals surface area contributed by atoms with Crippen molar-refractivity contribution in [2.24, 2.45) is 0 Å². The fourth-order valence-corrected chi connectivity index (χ4v) is 4.49. The number of carbonyl (C=O) groups is 1. The Bertz CT molecular complexity index is 990. The third-order valence-corrected chi connectivity index (χ3v) is 5.78. The highest BCUT2D eigenvalue weighted by molar-refractivity contribution is 7.22. The van der Waals surface area contributed by atoms with Gasteiger partial charge in [-0.3, -0.25) is 9.69 Å². The van der Waals surface area contributed by atoms with Crippen LogP contribution in [0.3, 0.4) is 0 Å². The van der Waals surface area contributed by atoms with Crippen molar-refractivity contribution in [2.75, 3.05) is 38.7 Å². The van der Waals surface area contributed by atoms with Crippen LogP contribution in [0.25, 0.3) is 10.2 Å². The Kier molecular flexibility index (Phi) is 8.92. The van der Waals surface area contributed by atoms with Gasteiger partial charge in [0.2, 0.25) is 5.91 Å². The Labute approximate surface area is 193 Å². The molecular weight excluding hydrogens is 441 g/mol. The smallest absolute Gasteiger partial charge is 0.233 e. The number of carbonyl (C=O) groups excluding carboxylic acids is 1. The van der Waals surface area contributed by atoms with Gasteiger partial charge in [0, 0.05) is 18.1 Å². The van der Waals surface area contributed by atoms with Gasteiger partial charge in [0.25, 0.3) is 0 Å². The molecule has 3 rings (SSSR count). The molecule has 2 aromatic carbocycles. The maximum absolute atomic E-state index is 13.2. The molecular formula is C22H27Cl2N3O2S. The van der Waals surface area contributed by atoms with Crippen LogP contribution in [0.15, 0.2) is 36.4 Å². The number of benzene rings is 2. The minimum Gasteiger partial charge on any atom is -0.494 e. The topological polar surface area (TPSA) is 45.7 Å². The van der Waals surface area contributed by atoms with E-state index in [0.717, 1.165) is 33.6 Å². The Hall–Kier alpha value is -1.86. The number of rotatable bonds is 8. The molecule has 0 saturated heterocycles. The van der Waals surface area contributed by atoms with E-state index < -0.39 is 0 Å². The molecule has 162 valence electrons. The van der Waals surface area contributed by atoms with Crippen molar-refractivity contribution in [3.05, 3.63) is 52.5 Å². The molecule has 0 radical (unpaired) electrons. The Morgan fingerprint density at radius 1 is 1.17 bits per heavy atom. The number of hydrogen-bond acceptors (Lipinski definition) is 5. The van der Waals surface area contributed by atoms with Gasteiger partial charge in [-0.25, -0.2) is 4.98 Å². The van der Waals surface area contributed by atoms with Crippen LogP contribution in [-0.2, 0) is 11.2 Å². The normalized spacial score (nSPS) is 10.9. The zero-order valence-electron chi connectivity index (χ0n) is 17.6. The Morgan fingerprint density at radius 2 is 1.87 bits per heavy atom. The van der Waals surface area contributed by atoms with Gasteiger partial charge in [-0.2, -0.15) is 0 Å². The molecule has 0 unspecified atom stereocenters. The monoisotopic (exact) mass is 467 g/mol. The second-order valence-corrected chi connectivity index (χ2v) is 8.61. The lowest BCUT2D eigenvalue weighted by Crippen LogP contribution is -2.37.